The third-order valence-electron chi connectivity index (χ3n) is 7.39. The minimum Gasteiger partial charge on any atom is -0.342 e. The lowest BCUT2D eigenvalue weighted by Gasteiger charge is -2.43. The van der Waals surface area contributed by atoms with Crippen molar-refractivity contribution in [3.05, 3.63) is 53.9 Å². The average molecular weight is 423 g/mol. The van der Waals surface area contributed by atoms with Crippen LogP contribution >= 0.6 is 0 Å². The maximum absolute atomic E-state index is 13.7. The maximum atomic E-state index is 13.7. The van der Waals surface area contributed by atoms with Crippen molar-refractivity contribution in [1.82, 2.24) is 19.6 Å². The van der Waals surface area contributed by atoms with Gasteiger partial charge in [-0.25, -0.2) is 0 Å². The fraction of sp³-hybridized carbons (Fsp3) is 0.560. The standard InChI is InChI=1S/C25H34N4O2/c1-25(21-12-18-28(19-13-21)23(30)22-10-15-26-27(22)2)14-6-7-16-29(24(25)31)17-11-20-8-4-3-5-9-20/h3-5,8-10,15,21H,6-7,11-14,16-19H2,1-2H3/t25-/m0/s1. The molecule has 2 aliphatic rings. The Kier molecular flexibility index (Phi) is 6.44. The van der Waals surface area contributed by atoms with Crippen LogP contribution in [0.2, 0.25) is 0 Å². The molecule has 3 heterocycles. The van der Waals surface area contributed by atoms with Crippen molar-refractivity contribution in [2.75, 3.05) is 26.2 Å². The zero-order chi connectivity index (χ0) is 21.8. The predicted molar refractivity (Wildman–Crippen MR) is 121 cm³/mol. The van der Waals surface area contributed by atoms with Gasteiger partial charge >= 0.3 is 0 Å². The fourth-order valence-electron chi connectivity index (χ4n) is 5.33. The summed E-state index contributed by atoms with van der Waals surface area (Å²) in [4.78, 5) is 30.5. The third-order valence-corrected chi connectivity index (χ3v) is 7.39. The molecule has 2 aromatic rings. The molecule has 0 bridgehead atoms. The minimum atomic E-state index is -0.325. The highest BCUT2D eigenvalue weighted by molar-refractivity contribution is 5.92. The molecule has 2 saturated heterocycles. The number of nitrogens with zero attached hydrogens (tertiary/aromatic N) is 4. The van der Waals surface area contributed by atoms with Crippen LogP contribution in [-0.2, 0) is 18.3 Å². The molecule has 2 fully saturated rings. The van der Waals surface area contributed by atoms with E-state index < -0.39 is 0 Å². The first-order valence-electron chi connectivity index (χ1n) is 11.6. The molecule has 0 saturated carbocycles. The molecule has 0 aliphatic carbocycles. The summed E-state index contributed by atoms with van der Waals surface area (Å²) in [7, 11) is 1.80. The van der Waals surface area contributed by atoms with Crippen LogP contribution in [0.3, 0.4) is 0 Å². The van der Waals surface area contributed by atoms with Crippen LogP contribution in [0.4, 0.5) is 0 Å². The van der Waals surface area contributed by atoms with Crippen molar-refractivity contribution >= 4 is 11.8 Å². The van der Waals surface area contributed by atoms with E-state index in [-0.39, 0.29) is 11.3 Å². The van der Waals surface area contributed by atoms with E-state index in [2.05, 4.69) is 41.2 Å². The SMILES string of the molecule is Cn1nccc1C(=O)N1CCC([C@]2(C)CCCCN(CCc3ccccc3)C2=O)CC1. The Hall–Kier alpha value is -2.63. The van der Waals surface area contributed by atoms with Gasteiger partial charge in [0.05, 0.1) is 0 Å². The Balaban J connectivity index is 1.40. The Bertz CT molecular complexity index is 901. The first-order valence-corrected chi connectivity index (χ1v) is 11.6. The summed E-state index contributed by atoms with van der Waals surface area (Å²) < 4.78 is 1.63. The van der Waals surface area contributed by atoms with Crippen LogP contribution in [0.15, 0.2) is 42.6 Å². The normalized spacial score (nSPS) is 23.1. The molecule has 6 nitrogen and oxygen atoms in total. The zero-order valence-corrected chi connectivity index (χ0v) is 18.8. The van der Waals surface area contributed by atoms with Gasteiger partial charge in [0.2, 0.25) is 5.91 Å². The smallest absolute Gasteiger partial charge is 0.272 e. The summed E-state index contributed by atoms with van der Waals surface area (Å²) in [6, 6.07) is 12.2. The van der Waals surface area contributed by atoms with Gasteiger partial charge in [-0.3, -0.25) is 14.3 Å². The Morgan fingerprint density at radius 2 is 1.84 bits per heavy atom. The van der Waals surface area contributed by atoms with Crippen molar-refractivity contribution in [2.24, 2.45) is 18.4 Å². The van der Waals surface area contributed by atoms with E-state index in [1.807, 2.05) is 11.0 Å². The van der Waals surface area contributed by atoms with E-state index in [4.69, 9.17) is 0 Å². The molecule has 0 spiro atoms. The molecular formula is C25H34N4O2. The Morgan fingerprint density at radius 1 is 1.10 bits per heavy atom. The number of hydrogen-bond acceptors (Lipinski definition) is 3. The number of aryl methyl sites for hydroxylation is 1. The van der Waals surface area contributed by atoms with E-state index in [1.54, 1.807) is 24.0 Å². The molecule has 1 aromatic heterocycles. The number of likely N-dealkylation sites (tertiary alicyclic amines) is 2. The maximum Gasteiger partial charge on any atom is 0.272 e. The number of piperidine rings is 1. The number of aromatic nitrogens is 2. The summed E-state index contributed by atoms with van der Waals surface area (Å²) in [6.45, 7) is 5.25. The van der Waals surface area contributed by atoms with E-state index >= 15 is 0 Å². The van der Waals surface area contributed by atoms with E-state index in [1.165, 1.54) is 5.56 Å². The number of carbonyl (C=O) groups is 2. The molecule has 166 valence electrons. The molecule has 0 unspecified atom stereocenters. The number of amides is 2. The van der Waals surface area contributed by atoms with Crippen molar-refractivity contribution in [3.63, 3.8) is 0 Å². The molecule has 0 N–H and O–H groups in total. The van der Waals surface area contributed by atoms with Crippen LogP contribution in [-0.4, -0.2) is 57.6 Å². The lowest BCUT2D eigenvalue weighted by atomic mass is 9.69. The van der Waals surface area contributed by atoms with Gasteiger partial charge < -0.3 is 9.80 Å². The van der Waals surface area contributed by atoms with Crippen molar-refractivity contribution < 1.29 is 9.59 Å². The first-order chi connectivity index (χ1) is 15.0. The summed E-state index contributed by atoms with van der Waals surface area (Å²) in [5.41, 5.74) is 1.58. The monoisotopic (exact) mass is 422 g/mol. The van der Waals surface area contributed by atoms with Gasteiger partial charge in [0.1, 0.15) is 5.69 Å². The first kappa shape index (κ1) is 21.6. The highest BCUT2D eigenvalue weighted by Gasteiger charge is 2.45. The summed E-state index contributed by atoms with van der Waals surface area (Å²) in [6.07, 6.45) is 7.46. The topological polar surface area (TPSA) is 58.4 Å². The Labute approximate surface area is 185 Å². The quantitative estimate of drug-likeness (QED) is 0.741. The van der Waals surface area contributed by atoms with Crippen molar-refractivity contribution in [3.8, 4) is 0 Å². The number of hydrogen-bond donors (Lipinski definition) is 0. The molecule has 4 rings (SSSR count). The van der Waals surface area contributed by atoms with Gasteiger partial charge in [0.25, 0.3) is 5.91 Å². The van der Waals surface area contributed by atoms with E-state index in [0.717, 1.165) is 51.6 Å². The van der Waals surface area contributed by atoms with Crippen LogP contribution in [0.1, 0.15) is 55.1 Å². The van der Waals surface area contributed by atoms with Gasteiger partial charge in [0, 0.05) is 44.8 Å². The van der Waals surface area contributed by atoms with Crippen molar-refractivity contribution in [1.29, 1.82) is 0 Å². The van der Waals surface area contributed by atoms with Crippen LogP contribution < -0.4 is 0 Å². The zero-order valence-electron chi connectivity index (χ0n) is 18.8. The lowest BCUT2D eigenvalue weighted by molar-refractivity contribution is -0.144. The molecule has 2 aliphatic heterocycles. The number of rotatable bonds is 5. The molecule has 6 heteroatoms. The second-order valence-electron chi connectivity index (χ2n) is 9.31. The highest BCUT2D eigenvalue weighted by Crippen LogP contribution is 2.42. The van der Waals surface area contributed by atoms with Crippen LogP contribution in [0.25, 0.3) is 0 Å². The van der Waals surface area contributed by atoms with Gasteiger partial charge in [-0.2, -0.15) is 5.10 Å². The lowest BCUT2D eigenvalue weighted by Crippen LogP contribution is -2.50. The van der Waals surface area contributed by atoms with E-state index in [9.17, 15) is 9.59 Å². The van der Waals surface area contributed by atoms with Crippen molar-refractivity contribution in [2.45, 2.75) is 45.4 Å². The van der Waals surface area contributed by atoms with E-state index in [0.29, 0.717) is 30.6 Å². The highest BCUT2D eigenvalue weighted by atomic mass is 16.2. The average Bonchev–Trinajstić information content (AvgIpc) is 3.17. The largest absolute Gasteiger partial charge is 0.342 e. The number of benzene rings is 1. The molecule has 31 heavy (non-hydrogen) atoms. The van der Waals surface area contributed by atoms with Gasteiger partial charge in [-0.1, -0.05) is 43.7 Å². The van der Waals surface area contributed by atoms with Crippen LogP contribution in [0.5, 0.6) is 0 Å². The molecule has 1 atom stereocenters. The Morgan fingerprint density at radius 3 is 2.52 bits per heavy atom. The summed E-state index contributed by atoms with van der Waals surface area (Å²) in [5.74, 6) is 0.686. The predicted octanol–water partition coefficient (Wildman–Crippen LogP) is 3.53. The van der Waals surface area contributed by atoms with Crippen LogP contribution in [0, 0.1) is 11.3 Å². The third kappa shape index (κ3) is 4.53. The molecular weight excluding hydrogens is 388 g/mol. The fourth-order valence-corrected chi connectivity index (χ4v) is 5.33. The molecule has 2 amide bonds. The minimum absolute atomic E-state index is 0.0419. The second-order valence-corrected chi connectivity index (χ2v) is 9.31. The van der Waals surface area contributed by atoms with Gasteiger partial charge in [-0.15, -0.1) is 0 Å². The molecule has 0 radical (unpaired) electrons. The number of carbonyl (C=O) groups excluding carboxylic acids is 2. The molecule has 1 aromatic carbocycles. The summed E-state index contributed by atoms with van der Waals surface area (Å²) >= 11 is 0. The second kappa shape index (κ2) is 9.25. The summed E-state index contributed by atoms with van der Waals surface area (Å²) in [5, 5.41) is 4.12. The van der Waals surface area contributed by atoms with Gasteiger partial charge in [0.15, 0.2) is 0 Å². The van der Waals surface area contributed by atoms with Gasteiger partial charge in [-0.05, 0) is 49.7 Å².